The van der Waals surface area contributed by atoms with E-state index in [0.29, 0.717) is 0 Å². The van der Waals surface area contributed by atoms with Gasteiger partial charge in [-0.25, -0.2) is 0 Å². The third-order valence-corrected chi connectivity index (χ3v) is 3.56. The maximum Gasteiger partial charge on any atom is 0.133 e. The van der Waals surface area contributed by atoms with Crippen molar-refractivity contribution >= 4 is 29.6 Å². The second-order valence-electron chi connectivity index (χ2n) is 4.89. The first-order valence-electron chi connectivity index (χ1n) is 6.09. The quantitative estimate of drug-likeness (QED) is 0.778. The maximum atomic E-state index is 6.05. The lowest BCUT2D eigenvalue weighted by Gasteiger charge is -2.22. The number of rotatable bonds is 3. The molecule has 1 atom stereocenters. The molecule has 1 unspecified atom stereocenters. The van der Waals surface area contributed by atoms with E-state index in [-0.39, 0.29) is 24.0 Å². The standard InChI is InChI=1S/C13H19N3OS.ClH.H2O/c1-15(2)7-5-10-9-16(3)13(18)11-8-14-6-4-12(11)17-10;;/h4,6,8,10H,5,7,9H2,1-3H3;1H;1H2. The first-order valence-corrected chi connectivity index (χ1v) is 6.49. The summed E-state index contributed by atoms with van der Waals surface area (Å²) in [5.74, 6) is 0.850. The van der Waals surface area contributed by atoms with Crippen molar-refractivity contribution in [3.63, 3.8) is 0 Å². The number of pyridine rings is 1. The minimum absolute atomic E-state index is 0. The van der Waals surface area contributed by atoms with Crippen LogP contribution in [0, 0.1) is 0 Å². The van der Waals surface area contributed by atoms with Crippen LogP contribution in [0.25, 0.3) is 0 Å². The molecular weight excluding hydrogens is 298 g/mol. The summed E-state index contributed by atoms with van der Waals surface area (Å²) >= 11 is 5.45. The minimum atomic E-state index is 0. The zero-order valence-electron chi connectivity index (χ0n) is 12.0. The molecule has 1 aliphatic rings. The molecule has 5 nitrogen and oxygen atoms in total. The Kier molecular flexibility index (Phi) is 7.96. The van der Waals surface area contributed by atoms with Gasteiger partial charge in [0.1, 0.15) is 16.8 Å². The molecule has 1 aromatic heterocycles. The summed E-state index contributed by atoms with van der Waals surface area (Å²) < 4.78 is 6.05. The van der Waals surface area contributed by atoms with E-state index in [9.17, 15) is 0 Å². The lowest BCUT2D eigenvalue weighted by atomic mass is 10.2. The number of aromatic nitrogens is 1. The van der Waals surface area contributed by atoms with Gasteiger partial charge in [0.15, 0.2) is 0 Å². The van der Waals surface area contributed by atoms with Crippen molar-refractivity contribution in [1.29, 1.82) is 0 Å². The van der Waals surface area contributed by atoms with Crippen molar-refractivity contribution in [2.75, 3.05) is 34.2 Å². The van der Waals surface area contributed by atoms with Gasteiger partial charge in [0.05, 0.1) is 12.1 Å². The van der Waals surface area contributed by atoms with E-state index in [1.807, 2.05) is 13.1 Å². The number of hydrogen-bond donors (Lipinski definition) is 0. The second kappa shape index (κ2) is 8.36. The van der Waals surface area contributed by atoms with Crippen LogP contribution in [-0.4, -0.2) is 65.6 Å². The molecule has 7 heteroatoms. The summed E-state index contributed by atoms with van der Waals surface area (Å²) in [6.07, 6.45) is 4.68. The van der Waals surface area contributed by atoms with Gasteiger partial charge in [-0.15, -0.1) is 12.4 Å². The molecule has 0 aliphatic carbocycles. The van der Waals surface area contributed by atoms with E-state index in [0.717, 1.165) is 35.8 Å². The average molecular weight is 320 g/mol. The number of halogens is 1. The van der Waals surface area contributed by atoms with Gasteiger partial charge < -0.3 is 20.0 Å². The van der Waals surface area contributed by atoms with Crippen LogP contribution >= 0.6 is 24.6 Å². The smallest absolute Gasteiger partial charge is 0.133 e. The van der Waals surface area contributed by atoms with Gasteiger partial charge in [0, 0.05) is 26.0 Å². The first kappa shape index (κ1) is 19.1. The van der Waals surface area contributed by atoms with Crippen molar-refractivity contribution in [2.45, 2.75) is 12.5 Å². The monoisotopic (exact) mass is 319 g/mol. The minimum Gasteiger partial charge on any atom is -0.488 e. The molecule has 2 heterocycles. The molecule has 0 radical (unpaired) electrons. The third kappa shape index (κ3) is 4.56. The fourth-order valence-electron chi connectivity index (χ4n) is 2.01. The molecule has 0 bridgehead atoms. The highest BCUT2D eigenvalue weighted by molar-refractivity contribution is 7.80. The Morgan fingerprint density at radius 3 is 2.85 bits per heavy atom. The van der Waals surface area contributed by atoms with Crippen LogP contribution in [0.15, 0.2) is 18.5 Å². The normalized spacial score (nSPS) is 17.5. The van der Waals surface area contributed by atoms with Crippen LogP contribution in [0.3, 0.4) is 0 Å². The number of likely N-dealkylation sites (N-methyl/N-ethyl adjacent to an activating group) is 1. The van der Waals surface area contributed by atoms with E-state index in [1.54, 1.807) is 12.4 Å². The first-order chi connectivity index (χ1) is 8.58. The topological polar surface area (TPSA) is 60.1 Å². The molecule has 2 rings (SSSR count). The summed E-state index contributed by atoms with van der Waals surface area (Å²) in [4.78, 5) is 9.17. The Morgan fingerprint density at radius 2 is 2.20 bits per heavy atom. The largest absolute Gasteiger partial charge is 0.488 e. The number of ether oxygens (including phenoxy) is 1. The van der Waals surface area contributed by atoms with Crippen molar-refractivity contribution < 1.29 is 10.2 Å². The Balaban J connectivity index is 0.00000180. The number of hydrogen-bond acceptors (Lipinski definition) is 4. The zero-order chi connectivity index (χ0) is 13.1. The molecule has 2 N–H and O–H groups in total. The Labute approximate surface area is 131 Å². The van der Waals surface area contributed by atoms with Crippen molar-refractivity contribution in [1.82, 2.24) is 14.8 Å². The van der Waals surface area contributed by atoms with Crippen LogP contribution < -0.4 is 4.74 Å². The van der Waals surface area contributed by atoms with E-state index >= 15 is 0 Å². The molecule has 20 heavy (non-hydrogen) atoms. The second-order valence-corrected chi connectivity index (χ2v) is 5.28. The Bertz CT molecular complexity index is 445. The number of nitrogens with zero attached hydrogens (tertiary/aromatic N) is 3. The lowest BCUT2D eigenvalue weighted by molar-refractivity contribution is 0.160. The fraction of sp³-hybridized carbons (Fsp3) is 0.538. The van der Waals surface area contributed by atoms with Crippen molar-refractivity contribution in [3.8, 4) is 5.75 Å². The van der Waals surface area contributed by atoms with E-state index < -0.39 is 0 Å². The van der Waals surface area contributed by atoms with Gasteiger partial charge in [0.2, 0.25) is 0 Å². The van der Waals surface area contributed by atoms with Gasteiger partial charge in [-0.2, -0.15) is 0 Å². The average Bonchev–Trinajstić information content (AvgIpc) is 2.46. The predicted octanol–water partition coefficient (Wildman–Crippen LogP) is 0.999. The molecule has 0 amide bonds. The predicted molar refractivity (Wildman–Crippen MR) is 87.0 cm³/mol. The summed E-state index contributed by atoms with van der Waals surface area (Å²) in [6, 6.07) is 1.89. The van der Waals surface area contributed by atoms with Gasteiger partial charge in [0.25, 0.3) is 0 Å². The highest BCUT2D eigenvalue weighted by Crippen LogP contribution is 2.24. The van der Waals surface area contributed by atoms with Gasteiger partial charge >= 0.3 is 0 Å². The van der Waals surface area contributed by atoms with Gasteiger partial charge in [-0.1, -0.05) is 12.2 Å². The highest BCUT2D eigenvalue weighted by atomic mass is 35.5. The summed E-state index contributed by atoms with van der Waals surface area (Å²) in [6.45, 7) is 1.83. The molecule has 0 fully saturated rings. The Morgan fingerprint density at radius 1 is 1.50 bits per heavy atom. The lowest BCUT2D eigenvalue weighted by Crippen LogP contribution is -2.35. The van der Waals surface area contributed by atoms with Crippen LogP contribution in [0.4, 0.5) is 0 Å². The van der Waals surface area contributed by atoms with E-state index in [2.05, 4.69) is 28.9 Å². The SMILES string of the molecule is CN(C)CCC1CN(C)C(=S)c2cnccc2O1.Cl.O. The van der Waals surface area contributed by atoms with Gasteiger partial charge in [-0.05, 0) is 26.6 Å². The maximum absolute atomic E-state index is 6.05. The van der Waals surface area contributed by atoms with Crippen LogP contribution in [-0.2, 0) is 0 Å². The fourth-order valence-corrected chi connectivity index (χ4v) is 2.24. The molecule has 0 saturated heterocycles. The van der Waals surface area contributed by atoms with Crippen molar-refractivity contribution in [2.24, 2.45) is 0 Å². The molecule has 1 aromatic rings. The van der Waals surface area contributed by atoms with E-state index in [1.165, 1.54) is 0 Å². The summed E-state index contributed by atoms with van der Waals surface area (Å²) in [7, 11) is 6.16. The molecule has 0 aromatic carbocycles. The third-order valence-electron chi connectivity index (χ3n) is 3.03. The molecule has 0 saturated carbocycles. The van der Waals surface area contributed by atoms with Crippen LogP contribution in [0.2, 0.25) is 0 Å². The van der Waals surface area contributed by atoms with Crippen LogP contribution in [0.1, 0.15) is 12.0 Å². The Hall–Kier alpha value is -0.950. The highest BCUT2D eigenvalue weighted by Gasteiger charge is 2.24. The molecular formula is C13H22ClN3O2S. The zero-order valence-corrected chi connectivity index (χ0v) is 13.6. The number of fused-ring (bicyclic) bond motifs is 1. The van der Waals surface area contributed by atoms with Crippen molar-refractivity contribution in [3.05, 3.63) is 24.0 Å². The number of thiocarbonyl (C=S) groups is 1. The molecule has 114 valence electrons. The molecule has 0 spiro atoms. The van der Waals surface area contributed by atoms with E-state index in [4.69, 9.17) is 17.0 Å². The van der Waals surface area contributed by atoms with Crippen LogP contribution in [0.5, 0.6) is 5.75 Å². The summed E-state index contributed by atoms with van der Waals surface area (Å²) in [5, 5.41) is 0. The summed E-state index contributed by atoms with van der Waals surface area (Å²) in [5.41, 5.74) is 0.919. The molecule has 1 aliphatic heterocycles. The van der Waals surface area contributed by atoms with Gasteiger partial charge in [-0.3, -0.25) is 4.98 Å².